The predicted octanol–water partition coefficient (Wildman–Crippen LogP) is 2.58. The van der Waals surface area contributed by atoms with Gasteiger partial charge in [-0.2, -0.15) is 0 Å². The molecule has 1 atom stereocenters. The molecule has 0 amide bonds. The average Bonchev–Trinajstić information content (AvgIpc) is 2.93. The molecule has 1 saturated heterocycles. The van der Waals surface area contributed by atoms with E-state index >= 15 is 0 Å². The number of aliphatic hydroxyl groups is 1. The van der Waals surface area contributed by atoms with Gasteiger partial charge in [-0.25, -0.2) is 9.97 Å². The fourth-order valence-corrected chi connectivity index (χ4v) is 3.14. The second-order valence-corrected chi connectivity index (χ2v) is 5.61. The van der Waals surface area contributed by atoms with Crippen molar-refractivity contribution in [2.45, 2.75) is 12.8 Å². The lowest BCUT2D eigenvalue weighted by molar-refractivity contribution is 0.208. The summed E-state index contributed by atoms with van der Waals surface area (Å²) in [4.78, 5) is 11.0. The summed E-state index contributed by atoms with van der Waals surface area (Å²) in [6, 6.07) is 7.92. The molecule has 1 aliphatic heterocycles. The van der Waals surface area contributed by atoms with Gasteiger partial charge < -0.3 is 14.4 Å². The third-order valence-electron chi connectivity index (χ3n) is 4.22. The maximum atomic E-state index is 9.40. The van der Waals surface area contributed by atoms with E-state index in [2.05, 4.69) is 14.9 Å². The van der Waals surface area contributed by atoms with E-state index in [4.69, 9.17) is 4.42 Å². The van der Waals surface area contributed by atoms with E-state index in [0.29, 0.717) is 5.92 Å². The largest absolute Gasteiger partial charge is 0.450 e. The van der Waals surface area contributed by atoms with Gasteiger partial charge in [-0.15, -0.1) is 0 Å². The van der Waals surface area contributed by atoms with E-state index in [0.717, 1.165) is 53.8 Å². The number of furan rings is 1. The van der Waals surface area contributed by atoms with Crippen LogP contribution < -0.4 is 4.90 Å². The first-order valence-corrected chi connectivity index (χ1v) is 7.35. The SMILES string of the molecule is OC[C@@H]1CCCN(c2ncnc3c2oc2ccccc23)C1. The van der Waals surface area contributed by atoms with Crippen molar-refractivity contribution in [3.63, 3.8) is 0 Å². The molecule has 0 radical (unpaired) electrons. The summed E-state index contributed by atoms with van der Waals surface area (Å²) in [6.07, 6.45) is 3.74. The van der Waals surface area contributed by atoms with Crippen LogP contribution in [-0.2, 0) is 0 Å². The first-order valence-electron chi connectivity index (χ1n) is 7.35. The summed E-state index contributed by atoms with van der Waals surface area (Å²) < 4.78 is 5.98. The summed E-state index contributed by atoms with van der Waals surface area (Å²) in [6.45, 7) is 1.99. The van der Waals surface area contributed by atoms with Gasteiger partial charge in [0.25, 0.3) is 0 Å². The van der Waals surface area contributed by atoms with Crippen LogP contribution in [0.4, 0.5) is 5.82 Å². The fourth-order valence-electron chi connectivity index (χ4n) is 3.14. The summed E-state index contributed by atoms with van der Waals surface area (Å²) in [5.74, 6) is 1.16. The number of aromatic nitrogens is 2. The van der Waals surface area contributed by atoms with Gasteiger partial charge in [0.15, 0.2) is 11.4 Å². The van der Waals surface area contributed by atoms with E-state index in [-0.39, 0.29) is 6.61 Å². The van der Waals surface area contributed by atoms with Gasteiger partial charge in [-0.3, -0.25) is 0 Å². The zero-order chi connectivity index (χ0) is 14.2. The van der Waals surface area contributed by atoms with Crippen molar-refractivity contribution in [3.05, 3.63) is 30.6 Å². The van der Waals surface area contributed by atoms with Crippen LogP contribution in [0.25, 0.3) is 22.1 Å². The summed E-state index contributed by atoms with van der Waals surface area (Å²) in [7, 11) is 0. The van der Waals surface area contributed by atoms with Gasteiger partial charge in [0, 0.05) is 25.1 Å². The first kappa shape index (κ1) is 12.6. The number of benzene rings is 1. The molecule has 4 rings (SSSR count). The molecule has 1 aliphatic rings. The van der Waals surface area contributed by atoms with Crippen molar-refractivity contribution in [1.82, 2.24) is 9.97 Å². The van der Waals surface area contributed by atoms with Crippen LogP contribution in [0.15, 0.2) is 35.0 Å². The molecule has 3 heterocycles. The van der Waals surface area contributed by atoms with Crippen LogP contribution in [0.5, 0.6) is 0 Å². The van der Waals surface area contributed by atoms with E-state index in [9.17, 15) is 5.11 Å². The highest BCUT2D eigenvalue weighted by Gasteiger charge is 2.24. The molecule has 0 spiro atoms. The predicted molar refractivity (Wildman–Crippen MR) is 81.3 cm³/mol. The molecule has 1 N–H and O–H groups in total. The fraction of sp³-hybridized carbons (Fsp3) is 0.375. The van der Waals surface area contributed by atoms with Gasteiger partial charge >= 0.3 is 0 Å². The average molecular weight is 283 g/mol. The van der Waals surface area contributed by atoms with Crippen molar-refractivity contribution in [2.24, 2.45) is 5.92 Å². The van der Waals surface area contributed by atoms with Crippen LogP contribution in [0.1, 0.15) is 12.8 Å². The Labute approximate surface area is 122 Å². The zero-order valence-corrected chi connectivity index (χ0v) is 11.7. The quantitative estimate of drug-likeness (QED) is 0.783. The van der Waals surface area contributed by atoms with E-state index in [1.165, 1.54) is 0 Å². The Balaban J connectivity index is 1.85. The van der Waals surface area contributed by atoms with Crippen LogP contribution >= 0.6 is 0 Å². The maximum Gasteiger partial charge on any atom is 0.196 e. The number of piperidine rings is 1. The number of nitrogens with zero attached hydrogens (tertiary/aromatic N) is 3. The molecule has 0 aliphatic carbocycles. The Hall–Kier alpha value is -2.14. The van der Waals surface area contributed by atoms with E-state index in [1.54, 1.807) is 6.33 Å². The van der Waals surface area contributed by atoms with E-state index < -0.39 is 0 Å². The maximum absolute atomic E-state index is 9.40. The lowest BCUT2D eigenvalue weighted by Gasteiger charge is -2.32. The Morgan fingerprint density at radius 1 is 1.29 bits per heavy atom. The number of aliphatic hydroxyl groups excluding tert-OH is 1. The van der Waals surface area contributed by atoms with Crippen molar-refractivity contribution in [2.75, 3.05) is 24.6 Å². The molecule has 21 heavy (non-hydrogen) atoms. The number of hydrogen-bond donors (Lipinski definition) is 1. The zero-order valence-electron chi connectivity index (χ0n) is 11.7. The second-order valence-electron chi connectivity index (χ2n) is 5.61. The molecule has 5 heteroatoms. The van der Waals surface area contributed by atoms with Gasteiger partial charge in [-0.1, -0.05) is 12.1 Å². The van der Waals surface area contributed by atoms with Gasteiger partial charge in [0.2, 0.25) is 0 Å². The minimum Gasteiger partial charge on any atom is -0.450 e. The third kappa shape index (κ3) is 2.05. The second kappa shape index (κ2) is 5.00. The molecular weight excluding hydrogens is 266 g/mol. The van der Waals surface area contributed by atoms with Crippen LogP contribution in [0.2, 0.25) is 0 Å². The van der Waals surface area contributed by atoms with Gasteiger partial charge in [-0.05, 0) is 30.9 Å². The Kier molecular flexibility index (Phi) is 3.00. The minimum atomic E-state index is 0.227. The summed E-state index contributed by atoms with van der Waals surface area (Å²) >= 11 is 0. The molecule has 0 bridgehead atoms. The molecular formula is C16H17N3O2. The Bertz CT molecular complexity index is 783. The van der Waals surface area contributed by atoms with Crippen molar-refractivity contribution in [3.8, 4) is 0 Å². The molecule has 1 fully saturated rings. The first-order chi connectivity index (χ1) is 10.4. The number of fused-ring (bicyclic) bond motifs is 3. The van der Waals surface area contributed by atoms with Crippen LogP contribution in [0, 0.1) is 5.92 Å². The molecule has 3 aromatic rings. The van der Waals surface area contributed by atoms with Gasteiger partial charge in [0.1, 0.15) is 17.4 Å². The lowest BCUT2D eigenvalue weighted by Crippen LogP contribution is -2.37. The molecule has 108 valence electrons. The molecule has 5 nitrogen and oxygen atoms in total. The Morgan fingerprint density at radius 3 is 3.10 bits per heavy atom. The third-order valence-corrected chi connectivity index (χ3v) is 4.22. The normalized spacial score (nSPS) is 19.5. The molecule has 2 aromatic heterocycles. The number of rotatable bonds is 2. The summed E-state index contributed by atoms with van der Waals surface area (Å²) in [5, 5.41) is 10.4. The van der Waals surface area contributed by atoms with E-state index in [1.807, 2.05) is 24.3 Å². The minimum absolute atomic E-state index is 0.227. The highest BCUT2D eigenvalue weighted by molar-refractivity contribution is 6.05. The molecule has 0 unspecified atom stereocenters. The van der Waals surface area contributed by atoms with Crippen molar-refractivity contribution >= 4 is 27.9 Å². The standard InChI is InChI=1S/C16H17N3O2/c20-9-11-4-3-7-19(8-11)16-15-14(17-10-18-16)12-5-1-2-6-13(12)21-15/h1-2,5-6,10-11,20H,3-4,7-9H2/t11-/m1/s1. The highest BCUT2D eigenvalue weighted by Crippen LogP contribution is 2.33. The number of hydrogen-bond acceptors (Lipinski definition) is 5. The number of para-hydroxylation sites is 1. The van der Waals surface area contributed by atoms with Crippen molar-refractivity contribution < 1.29 is 9.52 Å². The smallest absolute Gasteiger partial charge is 0.196 e. The van der Waals surface area contributed by atoms with Crippen molar-refractivity contribution in [1.29, 1.82) is 0 Å². The lowest BCUT2D eigenvalue weighted by atomic mass is 9.99. The topological polar surface area (TPSA) is 62.4 Å². The number of anilines is 1. The monoisotopic (exact) mass is 283 g/mol. The van der Waals surface area contributed by atoms with Gasteiger partial charge in [0.05, 0.1) is 0 Å². The van der Waals surface area contributed by atoms with Crippen LogP contribution in [-0.4, -0.2) is 34.8 Å². The molecule has 1 aromatic carbocycles. The Morgan fingerprint density at radius 2 is 2.19 bits per heavy atom. The van der Waals surface area contributed by atoms with Crippen LogP contribution in [0.3, 0.4) is 0 Å². The molecule has 0 saturated carbocycles. The summed E-state index contributed by atoms with van der Waals surface area (Å²) in [5.41, 5.74) is 2.45. The highest BCUT2D eigenvalue weighted by atomic mass is 16.3.